The lowest BCUT2D eigenvalue weighted by atomic mass is 9.95. The van der Waals surface area contributed by atoms with Crippen molar-refractivity contribution in [2.24, 2.45) is 5.92 Å². The Hall–Kier alpha value is -3.15. The fraction of sp³-hybridized carbons (Fsp3) is 0.375. The van der Waals surface area contributed by atoms with Gasteiger partial charge in [0, 0.05) is 12.5 Å². The minimum absolute atomic E-state index is 0.109. The van der Waals surface area contributed by atoms with Gasteiger partial charge in [-0.05, 0) is 36.5 Å². The van der Waals surface area contributed by atoms with Crippen LogP contribution in [0.4, 0.5) is 4.79 Å². The van der Waals surface area contributed by atoms with Crippen molar-refractivity contribution in [3.05, 3.63) is 60.2 Å². The number of hydrogen-bond acceptors (Lipinski definition) is 5. The van der Waals surface area contributed by atoms with Gasteiger partial charge in [0.15, 0.2) is 0 Å². The molecule has 0 aromatic heterocycles. The van der Waals surface area contributed by atoms with Gasteiger partial charge in [-0.2, -0.15) is 0 Å². The van der Waals surface area contributed by atoms with Crippen LogP contribution in [0.2, 0.25) is 0 Å². The van der Waals surface area contributed by atoms with Crippen LogP contribution >= 0.6 is 0 Å². The Morgan fingerprint density at radius 3 is 2.17 bits per heavy atom. The molecule has 0 saturated carbocycles. The van der Waals surface area contributed by atoms with Gasteiger partial charge in [-0.3, -0.25) is 9.59 Å². The molecule has 2 aromatic carbocycles. The number of alkyl carbamates (subject to hydrolysis) is 1. The average Bonchev–Trinajstić information content (AvgIpc) is 2.74. The van der Waals surface area contributed by atoms with Crippen LogP contribution in [0.25, 0.3) is 11.1 Å². The maximum absolute atomic E-state index is 12.1. The summed E-state index contributed by atoms with van der Waals surface area (Å²) in [7, 11) is 0. The first-order chi connectivity index (χ1) is 14.4. The molecule has 2 aromatic rings. The third-order valence-electron chi connectivity index (χ3n) is 4.69. The van der Waals surface area contributed by atoms with Crippen molar-refractivity contribution in [2.75, 3.05) is 6.61 Å². The molecular weight excluding hydrogens is 382 g/mol. The van der Waals surface area contributed by atoms with Crippen molar-refractivity contribution in [3.8, 4) is 11.1 Å². The summed E-state index contributed by atoms with van der Waals surface area (Å²) < 4.78 is 9.80. The standard InChI is InChI=1S/C24H29NO5/c1-4-22(26)30-24(28)25-21(15-17(3)23(27)29-5-2)16-18-11-13-20(14-12-18)19-9-7-6-8-10-19/h6-14,17,21H,4-5,15-16H2,1-3H3,(H,25,28)/t17-,21+/m1/s1. The van der Waals surface area contributed by atoms with Gasteiger partial charge in [-0.15, -0.1) is 0 Å². The SMILES string of the molecule is CCOC(=O)[C@H](C)C[C@@H](Cc1ccc(-c2ccccc2)cc1)NC(=O)OC(=O)CC. The normalized spacial score (nSPS) is 12.5. The number of amides is 1. The maximum atomic E-state index is 12.1. The van der Waals surface area contributed by atoms with Crippen LogP contribution in [0.15, 0.2) is 54.6 Å². The van der Waals surface area contributed by atoms with E-state index in [0.29, 0.717) is 19.4 Å². The fourth-order valence-electron chi connectivity index (χ4n) is 3.12. The number of nitrogens with one attached hydrogen (secondary N) is 1. The number of benzene rings is 2. The largest absolute Gasteiger partial charge is 0.466 e. The Morgan fingerprint density at radius 1 is 0.933 bits per heavy atom. The Bertz CT molecular complexity index is 832. The zero-order valence-corrected chi connectivity index (χ0v) is 17.7. The van der Waals surface area contributed by atoms with E-state index >= 15 is 0 Å². The zero-order valence-electron chi connectivity index (χ0n) is 17.7. The molecule has 2 rings (SSSR count). The summed E-state index contributed by atoms with van der Waals surface area (Å²) in [6.07, 6.45) is 0.171. The molecule has 0 fully saturated rings. The third-order valence-corrected chi connectivity index (χ3v) is 4.69. The second-order valence-corrected chi connectivity index (χ2v) is 7.11. The summed E-state index contributed by atoms with van der Waals surface area (Å²) in [6, 6.07) is 17.7. The maximum Gasteiger partial charge on any atom is 0.415 e. The third kappa shape index (κ3) is 7.35. The smallest absolute Gasteiger partial charge is 0.415 e. The quantitative estimate of drug-likeness (QED) is 0.485. The van der Waals surface area contributed by atoms with Gasteiger partial charge in [0.25, 0.3) is 0 Å². The van der Waals surface area contributed by atoms with Gasteiger partial charge in [-0.1, -0.05) is 68.4 Å². The highest BCUT2D eigenvalue weighted by Gasteiger charge is 2.23. The number of carbonyl (C=O) groups is 3. The average molecular weight is 411 g/mol. The Labute approximate surface area is 177 Å². The first kappa shape index (κ1) is 23.1. The molecule has 0 aliphatic carbocycles. The van der Waals surface area contributed by atoms with Crippen LogP contribution < -0.4 is 5.32 Å². The van der Waals surface area contributed by atoms with Gasteiger partial charge in [0.05, 0.1) is 12.5 Å². The second-order valence-electron chi connectivity index (χ2n) is 7.11. The van der Waals surface area contributed by atoms with Crippen LogP contribution in [0, 0.1) is 5.92 Å². The Morgan fingerprint density at radius 2 is 1.57 bits per heavy atom. The highest BCUT2D eigenvalue weighted by Crippen LogP contribution is 2.21. The molecule has 0 spiro atoms. The van der Waals surface area contributed by atoms with Crippen LogP contribution in [0.1, 0.15) is 39.2 Å². The molecule has 0 heterocycles. The molecule has 6 nitrogen and oxygen atoms in total. The summed E-state index contributed by atoms with van der Waals surface area (Å²) in [5.74, 6) is -1.32. The van der Waals surface area contributed by atoms with E-state index < -0.39 is 18.0 Å². The van der Waals surface area contributed by atoms with Crippen molar-refractivity contribution >= 4 is 18.0 Å². The van der Waals surface area contributed by atoms with E-state index in [9.17, 15) is 14.4 Å². The van der Waals surface area contributed by atoms with Crippen molar-refractivity contribution in [1.29, 1.82) is 0 Å². The molecule has 6 heteroatoms. The Kier molecular flexibility index (Phi) is 9.06. The van der Waals surface area contributed by atoms with E-state index in [-0.39, 0.29) is 18.4 Å². The van der Waals surface area contributed by atoms with Gasteiger partial charge in [-0.25, -0.2) is 4.79 Å². The molecule has 0 radical (unpaired) electrons. The van der Waals surface area contributed by atoms with Gasteiger partial charge >= 0.3 is 18.0 Å². The molecule has 1 amide bonds. The molecule has 0 unspecified atom stereocenters. The molecule has 30 heavy (non-hydrogen) atoms. The highest BCUT2D eigenvalue weighted by molar-refractivity contribution is 5.84. The molecule has 2 atom stereocenters. The topological polar surface area (TPSA) is 81.7 Å². The lowest BCUT2D eigenvalue weighted by Crippen LogP contribution is -2.40. The minimum atomic E-state index is -0.802. The molecule has 1 N–H and O–H groups in total. The fourth-order valence-corrected chi connectivity index (χ4v) is 3.12. The minimum Gasteiger partial charge on any atom is -0.466 e. The van der Waals surface area contributed by atoms with E-state index in [1.165, 1.54) is 0 Å². The van der Waals surface area contributed by atoms with E-state index in [1.807, 2.05) is 54.6 Å². The second kappa shape index (κ2) is 11.8. The number of esters is 2. The van der Waals surface area contributed by atoms with Crippen LogP contribution in [-0.2, 0) is 25.5 Å². The van der Waals surface area contributed by atoms with Crippen molar-refractivity contribution < 1.29 is 23.9 Å². The number of rotatable bonds is 9. The summed E-state index contributed by atoms with van der Waals surface area (Å²) in [5.41, 5.74) is 3.21. The molecule has 0 saturated heterocycles. The Balaban J connectivity index is 2.09. The molecule has 0 aliphatic rings. The van der Waals surface area contributed by atoms with Crippen molar-refractivity contribution in [1.82, 2.24) is 5.32 Å². The van der Waals surface area contributed by atoms with Crippen LogP contribution in [0.3, 0.4) is 0 Å². The van der Waals surface area contributed by atoms with Gasteiger partial charge in [0.1, 0.15) is 0 Å². The van der Waals surface area contributed by atoms with Crippen molar-refractivity contribution in [3.63, 3.8) is 0 Å². The first-order valence-electron chi connectivity index (χ1n) is 10.2. The van der Waals surface area contributed by atoms with Crippen molar-refractivity contribution in [2.45, 2.75) is 46.1 Å². The molecule has 160 valence electrons. The summed E-state index contributed by atoms with van der Waals surface area (Å²) in [5, 5.41) is 2.72. The lowest BCUT2D eigenvalue weighted by molar-refractivity contribution is -0.148. The van der Waals surface area contributed by atoms with Crippen LogP contribution in [0.5, 0.6) is 0 Å². The van der Waals surface area contributed by atoms with Crippen LogP contribution in [-0.4, -0.2) is 30.7 Å². The number of hydrogen-bond donors (Lipinski definition) is 1. The van der Waals surface area contributed by atoms with E-state index in [1.54, 1.807) is 20.8 Å². The predicted molar refractivity (Wildman–Crippen MR) is 115 cm³/mol. The molecule has 0 aliphatic heterocycles. The number of carbonyl (C=O) groups excluding carboxylic acids is 3. The predicted octanol–water partition coefficient (Wildman–Crippen LogP) is 4.52. The summed E-state index contributed by atoms with van der Waals surface area (Å²) in [4.78, 5) is 35.5. The highest BCUT2D eigenvalue weighted by atomic mass is 16.6. The first-order valence-corrected chi connectivity index (χ1v) is 10.2. The van der Waals surface area contributed by atoms with E-state index in [2.05, 4.69) is 5.32 Å². The monoisotopic (exact) mass is 411 g/mol. The molecular formula is C24H29NO5. The zero-order chi connectivity index (χ0) is 21.9. The summed E-state index contributed by atoms with van der Waals surface area (Å²) >= 11 is 0. The molecule has 0 bridgehead atoms. The lowest BCUT2D eigenvalue weighted by Gasteiger charge is -2.21. The van der Waals surface area contributed by atoms with E-state index in [4.69, 9.17) is 9.47 Å². The number of ether oxygens (including phenoxy) is 2. The van der Waals surface area contributed by atoms with Gasteiger partial charge in [0.2, 0.25) is 0 Å². The van der Waals surface area contributed by atoms with Gasteiger partial charge < -0.3 is 14.8 Å². The van der Waals surface area contributed by atoms with E-state index in [0.717, 1.165) is 16.7 Å². The summed E-state index contributed by atoms with van der Waals surface area (Å²) in [6.45, 7) is 5.43.